The van der Waals surface area contributed by atoms with Gasteiger partial charge in [0, 0.05) is 18.7 Å². The molecular formula is C13H17N5O. The summed E-state index contributed by atoms with van der Waals surface area (Å²) in [5.74, 6) is 0.819. The van der Waals surface area contributed by atoms with Crippen LogP contribution in [0.25, 0.3) is 5.82 Å². The Hall–Kier alpha value is -2.24. The van der Waals surface area contributed by atoms with Crippen LogP contribution in [-0.2, 0) is 11.3 Å². The molecule has 6 nitrogen and oxygen atoms in total. The highest BCUT2D eigenvalue weighted by molar-refractivity contribution is 5.78. The summed E-state index contributed by atoms with van der Waals surface area (Å²) in [4.78, 5) is 19.8. The summed E-state index contributed by atoms with van der Waals surface area (Å²) in [6.07, 6.45) is 5.62. The van der Waals surface area contributed by atoms with Gasteiger partial charge in [-0.25, -0.2) is 14.6 Å². The second kappa shape index (κ2) is 6.08. The zero-order valence-electron chi connectivity index (χ0n) is 11.1. The van der Waals surface area contributed by atoms with Gasteiger partial charge in [0.25, 0.3) is 0 Å². The maximum Gasteiger partial charge on any atom is 0.223 e. The molecular weight excluding hydrogens is 242 g/mol. The molecule has 1 amide bonds. The second-order valence-corrected chi connectivity index (χ2v) is 4.39. The molecule has 0 saturated carbocycles. The minimum absolute atomic E-state index is 0.0439. The molecule has 0 bridgehead atoms. The Morgan fingerprint density at radius 1 is 1.47 bits per heavy atom. The molecule has 1 N–H and O–H groups in total. The first-order valence-electron chi connectivity index (χ1n) is 6.28. The Kier molecular flexibility index (Phi) is 4.22. The molecule has 2 aromatic rings. The molecule has 0 saturated heterocycles. The van der Waals surface area contributed by atoms with Crippen LogP contribution in [0, 0.1) is 5.92 Å². The van der Waals surface area contributed by atoms with Crippen molar-refractivity contribution in [3.63, 3.8) is 0 Å². The van der Waals surface area contributed by atoms with Crippen molar-refractivity contribution in [1.82, 2.24) is 25.1 Å². The molecule has 6 heteroatoms. The highest BCUT2D eigenvalue weighted by Gasteiger charge is 2.09. The number of pyridine rings is 1. The summed E-state index contributed by atoms with van der Waals surface area (Å²) in [6.45, 7) is 4.41. The van der Waals surface area contributed by atoms with Gasteiger partial charge in [-0.15, -0.1) is 0 Å². The lowest BCUT2D eigenvalue weighted by Gasteiger charge is -2.09. The molecule has 2 aromatic heterocycles. The van der Waals surface area contributed by atoms with Gasteiger partial charge in [0.15, 0.2) is 5.82 Å². The van der Waals surface area contributed by atoms with E-state index in [1.807, 2.05) is 26.0 Å². The van der Waals surface area contributed by atoms with Crippen molar-refractivity contribution in [1.29, 1.82) is 0 Å². The van der Waals surface area contributed by atoms with Crippen molar-refractivity contribution in [3.05, 3.63) is 36.5 Å². The number of hydrogen-bond acceptors (Lipinski definition) is 4. The van der Waals surface area contributed by atoms with E-state index < -0.39 is 0 Å². The molecule has 2 rings (SSSR count). The normalized spacial score (nSPS) is 12.1. The summed E-state index contributed by atoms with van der Waals surface area (Å²) >= 11 is 0. The van der Waals surface area contributed by atoms with Crippen LogP contribution in [0.1, 0.15) is 25.8 Å². The Morgan fingerprint density at radius 2 is 2.32 bits per heavy atom. The third-order valence-corrected chi connectivity index (χ3v) is 2.99. The smallest absolute Gasteiger partial charge is 0.223 e. The average Bonchev–Trinajstić information content (AvgIpc) is 2.98. The quantitative estimate of drug-likeness (QED) is 0.879. The molecule has 0 aromatic carbocycles. The summed E-state index contributed by atoms with van der Waals surface area (Å²) in [5.41, 5.74) is 0.959. The first-order chi connectivity index (χ1) is 9.20. The third kappa shape index (κ3) is 3.37. The van der Waals surface area contributed by atoms with Crippen molar-refractivity contribution in [2.24, 2.45) is 5.92 Å². The van der Waals surface area contributed by atoms with Crippen LogP contribution < -0.4 is 5.32 Å². The predicted octanol–water partition coefficient (Wildman–Crippen LogP) is 1.32. The number of aromatic nitrogens is 4. The average molecular weight is 259 g/mol. The molecule has 0 aliphatic carbocycles. The number of carbonyl (C=O) groups excluding carboxylic acids is 1. The molecule has 100 valence electrons. The predicted molar refractivity (Wildman–Crippen MR) is 70.5 cm³/mol. The zero-order valence-corrected chi connectivity index (χ0v) is 11.1. The maximum absolute atomic E-state index is 11.6. The van der Waals surface area contributed by atoms with Gasteiger partial charge in [-0.2, -0.15) is 5.10 Å². The minimum atomic E-state index is 0.0439. The Morgan fingerprint density at radius 3 is 2.89 bits per heavy atom. The van der Waals surface area contributed by atoms with Crippen LogP contribution in [-0.4, -0.2) is 25.7 Å². The number of rotatable bonds is 5. The van der Waals surface area contributed by atoms with E-state index in [-0.39, 0.29) is 11.8 Å². The molecule has 0 fully saturated rings. The van der Waals surface area contributed by atoms with Gasteiger partial charge in [0.1, 0.15) is 12.7 Å². The minimum Gasteiger partial charge on any atom is -0.352 e. The maximum atomic E-state index is 11.6. The monoisotopic (exact) mass is 259 g/mol. The van der Waals surface area contributed by atoms with E-state index in [2.05, 4.69) is 20.4 Å². The fraction of sp³-hybridized carbons (Fsp3) is 0.385. The van der Waals surface area contributed by atoms with Crippen molar-refractivity contribution < 1.29 is 4.79 Å². The second-order valence-electron chi connectivity index (χ2n) is 4.39. The molecule has 2 heterocycles. The number of carbonyl (C=O) groups is 1. The van der Waals surface area contributed by atoms with Crippen molar-refractivity contribution in [2.45, 2.75) is 26.8 Å². The lowest BCUT2D eigenvalue weighted by Crippen LogP contribution is -2.28. The van der Waals surface area contributed by atoms with Gasteiger partial charge < -0.3 is 5.32 Å². The first kappa shape index (κ1) is 13.2. The number of nitrogens with one attached hydrogen (secondary N) is 1. The molecule has 0 spiro atoms. The Labute approximate surface area is 111 Å². The van der Waals surface area contributed by atoms with Gasteiger partial charge in [-0.1, -0.05) is 19.9 Å². The van der Waals surface area contributed by atoms with Crippen LogP contribution in [0.15, 0.2) is 31.0 Å². The van der Waals surface area contributed by atoms with Crippen LogP contribution in [0.5, 0.6) is 0 Å². The summed E-state index contributed by atoms with van der Waals surface area (Å²) in [7, 11) is 0. The molecule has 19 heavy (non-hydrogen) atoms. The van der Waals surface area contributed by atoms with Crippen LogP contribution in [0.2, 0.25) is 0 Å². The number of nitrogens with zero attached hydrogens (tertiary/aromatic N) is 4. The van der Waals surface area contributed by atoms with Gasteiger partial charge in [-0.05, 0) is 18.1 Å². The Balaban J connectivity index is 1.94. The molecule has 0 aliphatic rings. The fourth-order valence-electron chi connectivity index (χ4n) is 1.53. The van der Waals surface area contributed by atoms with E-state index in [1.54, 1.807) is 17.2 Å². The third-order valence-electron chi connectivity index (χ3n) is 2.99. The van der Waals surface area contributed by atoms with E-state index >= 15 is 0 Å². The van der Waals surface area contributed by atoms with E-state index in [9.17, 15) is 4.79 Å². The Bertz CT molecular complexity index is 520. The molecule has 1 atom stereocenters. The largest absolute Gasteiger partial charge is 0.352 e. The highest BCUT2D eigenvalue weighted by atomic mass is 16.1. The standard InChI is InChI=1S/C13H17N5O/c1-3-10(2)13(19)16-7-11-4-5-12(15-6-11)18-9-14-8-17-18/h4-6,8-10H,3,7H2,1-2H3,(H,16,19). The number of amides is 1. The lowest BCUT2D eigenvalue weighted by atomic mass is 10.1. The molecule has 0 radical (unpaired) electrons. The highest BCUT2D eigenvalue weighted by Crippen LogP contribution is 2.05. The molecule has 0 aliphatic heterocycles. The molecule has 1 unspecified atom stereocenters. The van der Waals surface area contributed by atoms with Crippen molar-refractivity contribution in [3.8, 4) is 5.82 Å². The lowest BCUT2D eigenvalue weighted by molar-refractivity contribution is -0.124. The first-order valence-corrected chi connectivity index (χ1v) is 6.28. The van der Waals surface area contributed by atoms with Gasteiger partial charge >= 0.3 is 0 Å². The SMILES string of the molecule is CCC(C)C(=O)NCc1ccc(-n2cncn2)nc1. The topological polar surface area (TPSA) is 72.7 Å². The summed E-state index contributed by atoms with van der Waals surface area (Å²) in [6, 6.07) is 3.76. The van der Waals surface area contributed by atoms with E-state index in [4.69, 9.17) is 0 Å². The fourth-order valence-corrected chi connectivity index (χ4v) is 1.53. The van der Waals surface area contributed by atoms with Crippen LogP contribution in [0.3, 0.4) is 0 Å². The zero-order chi connectivity index (χ0) is 13.7. The van der Waals surface area contributed by atoms with Gasteiger partial charge in [-0.3, -0.25) is 4.79 Å². The van der Waals surface area contributed by atoms with Crippen molar-refractivity contribution in [2.75, 3.05) is 0 Å². The van der Waals surface area contributed by atoms with E-state index in [0.717, 1.165) is 12.0 Å². The number of hydrogen-bond donors (Lipinski definition) is 1. The van der Waals surface area contributed by atoms with E-state index in [0.29, 0.717) is 12.4 Å². The van der Waals surface area contributed by atoms with Gasteiger partial charge in [0.2, 0.25) is 5.91 Å². The van der Waals surface area contributed by atoms with Crippen LogP contribution >= 0.6 is 0 Å². The van der Waals surface area contributed by atoms with E-state index in [1.165, 1.54) is 6.33 Å². The van der Waals surface area contributed by atoms with Gasteiger partial charge in [0.05, 0.1) is 0 Å². The van der Waals surface area contributed by atoms with Crippen LogP contribution in [0.4, 0.5) is 0 Å². The van der Waals surface area contributed by atoms with Crippen molar-refractivity contribution >= 4 is 5.91 Å². The summed E-state index contributed by atoms with van der Waals surface area (Å²) in [5, 5.41) is 6.89. The summed E-state index contributed by atoms with van der Waals surface area (Å²) < 4.78 is 1.58.